The molecule has 0 bridgehead atoms. The standard InChI is InChI=1S/C26H32N8O5/c27-25(28)31-11-2-5-21(23(37)32-14-22(35)36)34(15-17-8-6-16(7-9-17)13-33-26(29)39)24(38)19-3-1-4-20-18(19)10-12-30-20/h1,3-4,6-10,12,21,30H,2,5,11,13-15H2,(H,32,37)(H,35,36)(H4,27,28,31)(H3,29,33,39)/t21-/m1/s1. The smallest absolute Gasteiger partial charge is 0.322 e. The van der Waals surface area contributed by atoms with Crippen LogP contribution in [0.25, 0.3) is 10.9 Å². The van der Waals surface area contributed by atoms with E-state index in [1.807, 2.05) is 6.07 Å². The van der Waals surface area contributed by atoms with E-state index >= 15 is 0 Å². The van der Waals surface area contributed by atoms with Gasteiger partial charge in [0.25, 0.3) is 5.91 Å². The normalized spacial score (nSPS) is 11.4. The number of carbonyl (C=O) groups excluding carboxylic acids is 3. The zero-order chi connectivity index (χ0) is 28.4. The summed E-state index contributed by atoms with van der Waals surface area (Å²) in [6.45, 7) is -0.0857. The lowest BCUT2D eigenvalue weighted by Crippen LogP contribution is -2.50. The van der Waals surface area contributed by atoms with Gasteiger partial charge in [-0.2, -0.15) is 0 Å². The van der Waals surface area contributed by atoms with Crippen molar-refractivity contribution < 1.29 is 24.3 Å². The molecule has 0 spiro atoms. The van der Waals surface area contributed by atoms with Crippen molar-refractivity contribution in [3.05, 3.63) is 71.4 Å². The number of carbonyl (C=O) groups is 4. The van der Waals surface area contributed by atoms with E-state index in [0.717, 1.165) is 11.1 Å². The Bertz CT molecular complexity index is 1350. The molecule has 39 heavy (non-hydrogen) atoms. The second-order valence-corrected chi connectivity index (χ2v) is 8.79. The van der Waals surface area contributed by atoms with Gasteiger partial charge in [-0.1, -0.05) is 30.3 Å². The zero-order valence-electron chi connectivity index (χ0n) is 21.2. The monoisotopic (exact) mass is 536 g/mol. The highest BCUT2D eigenvalue weighted by Gasteiger charge is 2.31. The van der Waals surface area contributed by atoms with Gasteiger partial charge in [0.1, 0.15) is 12.6 Å². The highest BCUT2D eigenvalue weighted by atomic mass is 16.4. The van der Waals surface area contributed by atoms with Crippen LogP contribution in [0, 0.1) is 0 Å². The van der Waals surface area contributed by atoms with Gasteiger partial charge in [0.05, 0.1) is 0 Å². The Balaban J connectivity index is 1.97. The highest BCUT2D eigenvalue weighted by Crippen LogP contribution is 2.23. The number of aliphatic imine (C=N–C) groups is 1. The Hall–Kier alpha value is -5.07. The van der Waals surface area contributed by atoms with Crippen LogP contribution in [0.1, 0.15) is 34.3 Å². The van der Waals surface area contributed by atoms with Crippen molar-refractivity contribution in [2.24, 2.45) is 22.2 Å². The fraction of sp³-hybridized carbons (Fsp3) is 0.269. The Kier molecular flexibility index (Phi) is 9.84. The number of aromatic nitrogens is 1. The topological polar surface area (TPSA) is 222 Å². The molecule has 0 aliphatic rings. The summed E-state index contributed by atoms with van der Waals surface area (Å²) in [5, 5.41) is 14.7. The van der Waals surface area contributed by atoms with E-state index in [4.69, 9.17) is 22.3 Å². The van der Waals surface area contributed by atoms with Crippen molar-refractivity contribution in [2.45, 2.75) is 32.0 Å². The number of guanidine groups is 1. The lowest BCUT2D eigenvalue weighted by atomic mass is 10.0. The molecule has 13 heteroatoms. The summed E-state index contributed by atoms with van der Waals surface area (Å²) in [6, 6.07) is 12.5. The number of aromatic amines is 1. The van der Waals surface area contributed by atoms with Gasteiger partial charge in [0, 0.05) is 42.3 Å². The van der Waals surface area contributed by atoms with Crippen molar-refractivity contribution in [3.8, 4) is 0 Å². The van der Waals surface area contributed by atoms with Crippen LogP contribution in [0.3, 0.4) is 0 Å². The number of benzene rings is 2. The third-order valence-corrected chi connectivity index (χ3v) is 5.95. The number of H-pyrrole nitrogens is 1. The third kappa shape index (κ3) is 8.21. The number of nitrogens with one attached hydrogen (secondary N) is 3. The van der Waals surface area contributed by atoms with E-state index in [1.54, 1.807) is 48.7 Å². The number of carboxylic acids is 1. The molecule has 1 atom stereocenters. The molecule has 0 radical (unpaired) electrons. The largest absolute Gasteiger partial charge is 0.480 e. The summed E-state index contributed by atoms with van der Waals surface area (Å²) in [5.74, 6) is -2.33. The fourth-order valence-corrected chi connectivity index (χ4v) is 4.10. The first kappa shape index (κ1) is 28.5. The van der Waals surface area contributed by atoms with E-state index in [1.165, 1.54) is 4.90 Å². The number of fused-ring (bicyclic) bond motifs is 1. The first-order valence-electron chi connectivity index (χ1n) is 12.2. The van der Waals surface area contributed by atoms with Crippen LogP contribution in [-0.2, 0) is 22.7 Å². The van der Waals surface area contributed by atoms with Crippen LogP contribution in [0.4, 0.5) is 4.79 Å². The molecule has 1 heterocycles. The van der Waals surface area contributed by atoms with Gasteiger partial charge in [-0.05, 0) is 42.2 Å². The van der Waals surface area contributed by atoms with Gasteiger partial charge in [-0.3, -0.25) is 19.4 Å². The van der Waals surface area contributed by atoms with Gasteiger partial charge in [0.2, 0.25) is 5.91 Å². The fourth-order valence-electron chi connectivity index (χ4n) is 4.10. The summed E-state index contributed by atoms with van der Waals surface area (Å²) in [4.78, 5) is 57.9. The van der Waals surface area contributed by atoms with E-state index < -0.39 is 36.4 Å². The maximum atomic E-state index is 14.0. The number of aliphatic carboxylic acids is 1. The molecule has 3 rings (SSSR count). The molecule has 0 fully saturated rings. The summed E-state index contributed by atoms with van der Waals surface area (Å²) in [5.41, 5.74) is 18.6. The summed E-state index contributed by atoms with van der Waals surface area (Å²) >= 11 is 0. The molecule has 4 amide bonds. The minimum absolute atomic E-state index is 0.0522. The minimum atomic E-state index is -1.21. The van der Waals surface area contributed by atoms with E-state index in [2.05, 4.69) is 20.6 Å². The van der Waals surface area contributed by atoms with Crippen molar-refractivity contribution in [1.82, 2.24) is 20.5 Å². The maximum absolute atomic E-state index is 14.0. The van der Waals surface area contributed by atoms with Crippen molar-refractivity contribution in [2.75, 3.05) is 13.1 Å². The van der Waals surface area contributed by atoms with Gasteiger partial charge in [-0.25, -0.2) is 4.79 Å². The maximum Gasteiger partial charge on any atom is 0.322 e. The highest BCUT2D eigenvalue weighted by molar-refractivity contribution is 6.07. The molecule has 206 valence electrons. The molecule has 1 aromatic heterocycles. The van der Waals surface area contributed by atoms with Gasteiger partial charge >= 0.3 is 12.0 Å². The Morgan fingerprint density at radius 1 is 0.974 bits per heavy atom. The van der Waals surface area contributed by atoms with Crippen LogP contribution in [0.5, 0.6) is 0 Å². The average molecular weight is 537 g/mol. The predicted molar refractivity (Wildman–Crippen MR) is 145 cm³/mol. The molecule has 0 aliphatic heterocycles. The van der Waals surface area contributed by atoms with Crippen LogP contribution in [0.2, 0.25) is 0 Å². The molecule has 0 unspecified atom stereocenters. The quantitative estimate of drug-likeness (QED) is 0.0935. The first-order valence-corrected chi connectivity index (χ1v) is 12.2. The molecule has 3 aromatic rings. The van der Waals surface area contributed by atoms with Crippen LogP contribution in [-0.4, -0.2) is 63.9 Å². The minimum Gasteiger partial charge on any atom is -0.480 e. The summed E-state index contributed by atoms with van der Waals surface area (Å²) in [7, 11) is 0. The number of urea groups is 1. The van der Waals surface area contributed by atoms with Gasteiger partial charge in [0.15, 0.2) is 5.96 Å². The third-order valence-electron chi connectivity index (χ3n) is 5.95. The Morgan fingerprint density at radius 3 is 2.36 bits per heavy atom. The molecule has 10 N–H and O–H groups in total. The first-order chi connectivity index (χ1) is 18.7. The molecule has 0 aliphatic carbocycles. The van der Waals surface area contributed by atoms with Crippen molar-refractivity contribution >= 4 is 40.7 Å². The SMILES string of the molecule is NC(=O)NCc1ccc(CN(C(=O)c2cccc3[nH]ccc23)[C@H](CCCN=C(N)N)C(=O)NCC(=O)O)cc1. The second kappa shape index (κ2) is 13.5. The number of nitrogens with two attached hydrogens (primary N) is 3. The van der Waals surface area contributed by atoms with Crippen LogP contribution < -0.4 is 27.8 Å². The number of carboxylic acid groups (broad SMARTS) is 1. The zero-order valence-corrected chi connectivity index (χ0v) is 21.2. The number of hydrogen-bond donors (Lipinski definition) is 7. The lowest BCUT2D eigenvalue weighted by Gasteiger charge is -2.31. The number of rotatable bonds is 13. The molecule has 0 saturated carbocycles. The van der Waals surface area contributed by atoms with Gasteiger partial charge < -0.3 is 42.8 Å². The molecule has 2 aromatic carbocycles. The number of primary amides is 1. The van der Waals surface area contributed by atoms with Crippen molar-refractivity contribution in [3.63, 3.8) is 0 Å². The number of hydrogen-bond acceptors (Lipinski definition) is 5. The second-order valence-electron chi connectivity index (χ2n) is 8.79. The van der Waals surface area contributed by atoms with E-state index in [0.29, 0.717) is 22.9 Å². The summed E-state index contributed by atoms with van der Waals surface area (Å²) < 4.78 is 0. The lowest BCUT2D eigenvalue weighted by molar-refractivity contribution is -0.138. The average Bonchev–Trinajstić information content (AvgIpc) is 3.39. The van der Waals surface area contributed by atoms with Gasteiger partial charge in [-0.15, -0.1) is 0 Å². The molecule has 0 saturated heterocycles. The number of amides is 4. The van der Waals surface area contributed by atoms with Crippen LogP contribution >= 0.6 is 0 Å². The summed E-state index contributed by atoms with van der Waals surface area (Å²) in [6.07, 6.45) is 2.26. The van der Waals surface area contributed by atoms with E-state index in [-0.39, 0.29) is 32.0 Å². The Morgan fingerprint density at radius 2 is 1.69 bits per heavy atom. The predicted octanol–water partition coefficient (Wildman–Crippen LogP) is 0.602. The molecular weight excluding hydrogens is 504 g/mol. The Labute approximate surface area is 224 Å². The molecule has 13 nitrogen and oxygen atoms in total. The van der Waals surface area contributed by atoms with Crippen molar-refractivity contribution in [1.29, 1.82) is 0 Å². The van der Waals surface area contributed by atoms with Crippen LogP contribution in [0.15, 0.2) is 59.7 Å². The van der Waals surface area contributed by atoms with E-state index in [9.17, 15) is 19.2 Å². The number of nitrogens with zero attached hydrogens (tertiary/aromatic N) is 2. The molecular formula is C26H32N8O5.